The van der Waals surface area contributed by atoms with E-state index in [4.69, 9.17) is 0 Å². The van der Waals surface area contributed by atoms with Gasteiger partial charge >= 0.3 is 0 Å². The number of hydrogen-bond acceptors (Lipinski definition) is 3. The Bertz CT molecular complexity index is 424. The van der Waals surface area contributed by atoms with E-state index in [0.29, 0.717) is 10.5 Å². The number of anilines is 2. The van der Waals surface area contributed by atoms with Gasteiger partial charge in [-0.25, -0.2) is 4.39 Å². The van der Waals surface area contributed by atoms with Crippen LogP contribution in [-0.2, 0) is 0 Å². The molecule has 0 radical (unpaired) electrons. The van der Waals surface area contributed by atoms with Crippen molar-refractivity contribution in [2.45, 2.75) is 6.04 Å². The molecule has 2 heterocycles. The molecule has 0 saturated carbocycles. The van der Waals surface area contributed by atoms with Gasteiger partial charge in [-0.1, -0.05) is 0 Å². The van der Waals surface area contributed by atoms with Gasteiger partial charge in [0.15, 0.2) is 0 Å². The fourth-order valence-electron chi connectivity index (χ4n) is 2.40. The van der Waals surface area contributed by atoms with Gasteiger partial charge in [-0.2, -0.15) is 0 Å². The first-order chi connectivity index (χ1) is 7.75. The predicted octanol–water partition coefficient (Wildman–Crippen LogP) is 1.79. The molecule has 2 N–H and O–H groups in total. The van der Waals surface area contributed by atoms with Gasteiger partial charge < -0.3 is 15.5 Å². The van der Waals surface area contributed by atoms with Crippen molar-refractivity contribution in [1.82, 2.24) is 5.32 Å². The lowest BCUT2D eigenvalue weighted by molar-refractivity contribution is 0.481. The smallest absolute Gasteiger partial charge is 0.139 e. The number of piperazine rings is 1. The summed E-state index contributed by atoms with van der Waals surface area (Å²) in [5, 5.41) is 6.66. The zero-order valence-corrected chi connectivity index (χ0v) is 10.3. The molecule has 0 spiro atoms. The molecule has 3 nitrogen and oxygen atoms in total. The number of nitrogens with zero attached hydrogens (tertiary/aromatic N) is 1. The summed E-state index contributed by atoms with van der Waals surface area (Å²) in [6, 6.07) is 3.91. The lowest BCUT2D eigenvalue weighted by atomic mass is 10.1. The maximum atomic E-state index is 13.4. The van der Waals surface area contributed by atoms with Crippen molar-refractivity contribution in [3.05, 3.63) is 22.4 Å². The van der Waals surface area contributed by atoms with Crippen molar-refractivity contribution in [3.63, 3.8) is 0 Å². The van der Waals surface area contributed by atoms with E-state index in [-0.39, 0.29) is 5.82 Å². The Balaban J connectivity index is 2.04. The highest BCUT2D eigenvalue weighted by Crippen LogP contribution is 2.35. The van der Waals surface area contributed by atoms with E-state index in [2.05, 4.69) is 31.5 Å². The number of benzene rings is 1. The minimum absolute atomic E-state index is 0.208. The highest BCUT2D eigenvalue weighted by Gasteiger charge is 2.28. The van der Waals surface area contributed by atoms with Gasteiger partial charge in [0.25, 0.3) is 0 Å². The monoisotopic (exact) mass is 285 g/mol. The molecule has 1 aromatic carbocycles. The van der Waals surface area contributed by atoms with Gasteiger partial charge in [0.2, 0.25) is 0 Å². The molecule has 0 amide bonds. The van der Waals surface area contributed by atoms with Crippen LogP contribution in [0.3, 0.4) is 0 Å². The first-order valence-corrected chi connectivity index (χ1v) is 6.25. The lowest BCUT2D eigenvalue weighted by Crippen LogP contribution is -2.56. The molecule has 2 aliphatic heterocycles. The summed E-state index contributed by atoms with van der Waals surface area (Å²) in [5.41, 5.74) is 2.00. The van der Waals surface area contributed by atoms with Gasteiger partial charge in [0.1, 0.15) is 5.82 Å². The third kappa shape index (κ3) is 1.58. The van der Waals surface area contributed by atoms with E-state index in [1.54, 1.807) is 6.07 Å². The van der Waals surface area contributed by atoms with Gasteiger partial charge in [0, 0.05) is 32.2 Å². The van der Waals surface area contributed by atoms with Crippen molar-refractivity contribution in [1.29, 1.82) is 0 Å². The van der Waals surface area contributed by atoms with Gasteiger partial charge in [0.05, 0.1) is 21.9 Å². The molecule has 16 heavy (non-hydrogen) atoms. The summed E-state index contributed by atoms with van der Waals surface area (Å²) in [6.07, 6.45) is 0. The third-order valence-corrected chi connectivity index (χ3v) is 3.83. The minimum atomic E-state index is -0.208. The number of hydrogen-bond donors (Lipinski definition) is 2. The molecule has 1 saturated heterocycles. The van der Waals surface area contributed by atoms with E-state index in [1.807, 2.05) is 6.07 Å². The Morgan fingerprint density at radius 3 is 3.12 bits per heavy atom. The van der Waals surface area contributed by atoms with Crippen LogP contribution in [0.15, 0.2) is 16.6 Å². The van der Waals surface area contributed by atoms with Crippen LogP contribution in [0.1, 0.15) is 0 Å². The Morgan fingerprint density at radius 2 is 2.25 bits per heavy atom. The molecular formula is C11H13BrFN3. The summed E-state index contributed by atoms with van der Waals surface area (Å²) < 4.78 is 13.9. The average Bonchev–Trinajstić information content (AvgIpc) is 2.31. The van der Waals surface area contributed by atoms with Gasteiger partial charge in [-0.3, -0.25) is 0 Å². The highest BCUT2D eigenvalue weighted by atomic mass is 79.9. The second-order valence-corrected chi connectivity index (χ2v) is 5.07. The summed E-state index contributed by atoms with van der Waals surface area (Å²) in [4.78, 5) is 2.35. The number of nitrogens with one attached hydrogen (secondary N) is 2. The second-order valence-electron chi connectivity index (χ2n) is 4.22. The van der Waals surface area contributed by atoms with Crippen molar-refractivity contribution < 1.29 is 4.39 Å². The molecule has 3 rings (SSSR count). The van der Waals surface area contributed by atoms with Crippen LogP contribution in [0.4, 0.5) is 15.8 Å². The largest absolute Gasteiger partial charge is 0.381 e. The van der Waals surface area contributed by atoms with Crippen molar-refractivity contribution in [3.8, 4) is 0 Å². The van der Waals surface area contributed by atoms with E-state index in [9.17, 15) is 4.39 Å². The zero-order chi connectivity index (χ0) is 11.1. The molecule has 86 valence electrons. The molecule has 0 bridgehead atoms. The van der Waals surface area contributed by atoms with Crippen molar-refractivity contribution in [2.75, 3.05) is 36.4 Å². The third-order valence-electron chi connectivity index (χ3n) is 3.23. The van der Waals surface area contributed by atoms with Crippen LogP contribution in [0, 0.1) is 5.82 Å². The van der Waals surface area contributed by atoms with E-state index in [0.717, 1.165) is 37.6 Å². The standard InChI is InChI=1S/C11H13BrFN3/c12-8-3-11-10(4-9(8)13)15-6-7-5-14-1-2-16(7)11/h3-4,7,14-15H,1-2,5-6H2. The quantitative estimate of drug-likeness (QED) is 0.761. The molecular weight excluding hydrogens is 273 g/mol. The van der Waals surface area contributed by atoms with Crippen molar-refractivity contribution in [2.24, 2.45) is 0 Å². The Kier molecular flexibility index (Phi) is 2.52. The fourth-order valence-corrected chi connectivity index (χ4v) is 2.74. The second kappa shape index (κ2) is 3.89. The molecule has 1 aromatic rings. The molecule has 1 unspecified atom stereocenters. The summed E-state index contributed by atoms with van der Waals surface area (Å²) >= 11 is 3.25. The molecule has 0 aromatic heterocycles. The Morgan fingerprint density at radius 1 is 1.38 bits per heavy atom. The van der Waals surface area contributed by atoms with Crippen LogP contribution in [0.5, 0.6) is 0 Å². The average molecular weight is 286 g/mol. The molecule has 5 heteroatoms. The summed E-state index contributed by atoms with van der Waals surface area (Å²) in [5.74, 6) is -0.208. The van der Waals surface area contributed by atoms with Crippen LogP contribution in [-0.4, -0.2) is 32.2 Å². The van der Waals surface area contributed by atoms with E-state index >= 15 is 0 Å². The summed E-state index contributed by atoms with van der Waals surface area (Å²) in [7, 11) is 0. The van der Waals surface area contributed by atoms with Crippen molar-refractivity contribution >= 4 is 27.3 Å². The molecule has 2 aliphatic rings. The topological polar surface area (TPSA) is 27.3 Å². The maximum absolute atomic E-state index is 13.4. The Labute approximate surface area is 102 Å². The first-order valence-electron chi connectivity index (χ1n) is 5.46. The fraction of sp³-hybridized carbons (Fsp3) is 0.455. The number of halogens is 2. The Hall–Kier alpha value is -0.810. The molecule has 1 fully saturated rings. The van der Waals surface area contributed by atoms with Gasteiger partial charge in [-0.15, -0.1) is 0 Å². The van der Waals surface area contributed by atoms with Crippen LogP contribution in [0.2, 0.25) is 0 Å². The van der Waals surface area contributed by atoms with Crippen LogP contribution in [0.25, 0.3) is 0 Å². The highest BCUT2D eigenvalue weighted by molar-refractivity contribution is 9.10. The maximum Gasteiger partial charge on any atom is 0.139 e. The minimum Gasteiger partial charge on any atom is -0.381 e. The number of fused-ring (bicyclic) bond motifs is 3. The van der Waals surface area contributed by atoms with E-state index in [1.165, 1.54) is 0 Å². The van der Waals surface area contributed by atoms with Crippen LogP contribution >= 0.6 is 15.9 Å². The first kappa shape index (κ1) is 10.4. The predicted molar refractivity (Wildman–Crippen MR) is 66.6 cm³/mol. The number of rotatable bonds is 0. The van der Waals surface area contributed by atoms with Gasteiger partial charge in [-0.05, 0) is 22.0 Å². The SMILES string of the molecule is Fc1cc2c(cc1Br)N1CCNCC1CN2. The normalized spacial score (nSPS) is 23.4. The molecule has 0 aliphatic carbocycles. The zero-order valence-electron chi connectivity index (χ0n) is 8.76. The lowest BCUT2D eigenvalue weighted by Gasteiger charge is -2.42. The molecule has 1 atom stereocenters. The van der Waals surface area contributed by atoms with Crippen LogP contribution < -0.4 is 15.5 Å². The summed E-state index contributed by atoms with van der Waals surface area (Å²) in [6.45, 7) is 3.84. The van der Waals surface area contributed by atoms with E-state index < -0.39 is 0 Å².